The van der Waals surface area contributed by atoms with Gasteiger partial charge in [-0.05, 0) is 51.0 Å². The van der Waals surface area contributed by atoms with Crippen LogP contribution in [0.3, 0.4) is 0 Å². The number of rotatable bonds is 6. The number of aliphatic hydroxyl groups is 1. The van der Waals surface area contributed by atoms with Crippen LogP contribution in [0, 0.1) is 11.3 Å². The van der Waals surface area contributed by atoms with Crippen LogP contribution in [0.4, 0.5) is 0 Å². The first kappa shape index (κ1) is 20.1. The van der Waals surface area contributed by atoms with Crippen molar-refractivity contribution < 1.29 is 9.84 Å². The Morgan fingerprint density at radius 1 is 1.27 bits per heavy atom. The topological polar surface area (TPSA) is 110 Å². The number of aliphatic hydroxyl groups excluding tert-OH is 1. The van der Waals surface area contributed by atoms with Crippen molar-refractivity contribution in [3.63, 3.8) is 0 Å². The van der Waals surface area contributed by atoms with E-state index in [-0.39, 0.29) is 0 Å². The zero-order valence-corrected chi connectivity index (χ0v) is 17.3. The van der Waals surface area contributed by atoms with Crippen LogP contribution >= 0.6 is 0 Å². The van der Waals surface area contributed by atoms with Crippen LogP contribution in [-0.2, 0) is 7.05 Å². The zero-order valence-electron chi connectivity index (χ0n) is 17.3. The fourth-order valence-electron chi connectivity index (χ4n) is 3.30. The highest BCUT2D eigenvalue weighted by Gasteiger charge is 2.28. The van der Waals surface area contributed by atoms with Gasteiger partial charge in [0.25, 0.3) is 0 Å². The van der Waals surface area contributed by atoms with Gasteiger partial charge in [-0.2, -0.15) is 10.4 Å². The third-order valence-electron chi connectivity index (χ3n) is 5.26. The Labute approximate surface area is 175 Å². The Morgan fingerprint density at radius 2 is 2.03 bits per heavy atom. The SMILES string of the molecule is Cn1nc(C2CC2)cc1Oc1cc(C#N)ccc1-c1ccc(C(O)C(C)(C)N)cn1. The molecule has 0 aliphatic heterocycles. The molecule has 0 spiro atoms. The molecule has 0 radical (unpaired) electrons. The highest BCUT2D eigenvalue weighted by atomic mass is 16.5. The molecule has 2 heterocycles. The van der Waals surface area contributed by atoms with Crippen LogP contribution in [0.25, 0.3) is 11.3 Å². The summed E-state index contributed by atoms with van der Waals surface area (Å²) in [7, 11) is 1.85. The van der Waals surface area contributed by atoms with Crippen LogP contribution in [0.5, 0.6) is 11.6 Å². The maximum atomic E-state index is 10.4. The number of hydrogen-bond acceptors (Lipinski definition) is 6. The van der Waals surface area contributed by atoms with Crippen LogP contribution in [0.1, 0.15) is 55.5 Å². The Balaban J connectivity index is 1.68. The average molecular weight is 403 g/mol. The Morgan fingerprint density at radius 3 is 2.63 bits per heavy atom. The van der Waals surface area contributed by atoms with E-state index in [2.05, 4.69) is 16.2 Å². The smallest absolute Gasteiger partial charge is 0.217 e. The van der Waals surface area contributed by atoms with Gasteiger partial charge in [0.05, 0.1) is 29.1 Å². The van der Waals surface area contributed by atoms with Gasteiger partial charge < -0.3 is 15.6 Å². The number of aromatic nitrogens is 3. The third-order valence-corrected chi connectivity index (χ3v) is 5.26. The van der Waals surface area contributed by atoms with Crippen LogP contribution in [0.2, 0.25) is 0 Å². The second-order valence-electron chi connectivity index (χ2n) is 8.43. The van der Waals surface area contributed by atoms with E-state index >= 15 is 0 Å². The minimum atomic E-state index is -0.828. The number of nitrogens with zero attached hydrogens (tertiary/aromatic N) is 4. The molecule has 0 saturated heterocycles. The number of nitriles is 1. The molecule has 1 aliphatic carbocycles. The number of benzene rings is 1. The number of pyridine rings is 1. The van der Waals surface area contributed by atoms with E-state index in [4.69, 9.17) is 10.5 Å². The zero-order chi connectivity index (χ0) is 21.5. The summed E-state index contributed by atoms with van der Waals surface area (Å²) in [4.78, 5) is 4.51. The van der Waals surface area contributed by atoms with Crippen molar-refractivity contribution in [1.29, 1.82) is 5.26 Å². The van der Waals surface area contributed by atoms with Crippen molar-refractivity contribution in [2.75, 3.05) is 0 Å². The van der Waals surface area contributed by atoms with E-state index in [1.807, 2.05) is 25.2 Å². The maximum absolute atomic E-state index is 10.4. The fraction of sp³-hybridized carbons (Fsp3) is 0.348. The van der Waals surface area contributed by atoms with Gasteiger partial charge in [-0.3, -0.25) is 4.98 Å². The first-order valence-electron chi connectivity index (χ1n) is 9.95. The molecule has 1 fully saturated rings. The Bertz CT molecular complexity index is 1100. The molecule has 0 amide bonds. The fourth-order valence-corrected chi connectivity index (χ4v) is 3.30. The molecule has 3 aromatic rings. The van der Waals surface area contributed by atoms with Gasteiger partial charge in [-0.1, -0.05) is 6.07 Å². The summed E-state index contributed by atoms with van der Waals surface area (Å²) >= 11 is 0. The summed E-state index contributed by atoms with van der Waals surface area (Å²) in [6, 6.07) is 13.0. The monoisotopic (exact) mass is 403 g/mol. The molecular weight excluding hydrogens is 378 g/mol. The molecule has 4 rings (SSSR count). The minimum Gasteiger partial charge on any atom is -0.439 e. The summed E-state index contributed by atoms with van der Waals surface area (Å²) in [6.07, 6.45) is 3.11. The number of hydrogen-bond donors (Lipinski definition) is 2. The molecule has 1 atom stereocenters. The molecule has 7 nitrogen and oxygen atoms in total. The summed E-state index contributed by atoms with van der Waals surface area (Å²) in [5, 5.41) is 24.2. The molecule has 7 heteroatoms. The predicted molar refractivity (Wildman–Crippen MR) is 113 cm³/mol. The molecule has 1 unspecified atom stereocenters. The third kappa shape index (κ3) is 4.06. The molecule has 154 valence electrons. The summed E-state index contributed by atoms with van der Waals surface area (Å²) in [6.45, 7) is 3.53. The quantitative estimate of drug-likeness (QED) is 0.648. The van der Waals surface area contributed by atoms with Crippen LogP contribution in [-0.4, -0.2) is 25.4 Å². The average Bonchev–Trinajstić information content (AvgIpc) is 3.51. The number of ether oxygens (including phenoxy) is 1. The molecule has 1 aliphatic rings. The summed E-state index contributed by atoms with van der Waals surface area (Å²) in [5.74, 6) is 1.66. The van der Waals surface area contributed by atoms with Gasteiger partial charge >= 0.3 is 0 Å². The van der Waals surface area contributed by atoms with E-state index in [0.717, 1.165) is 24.1 Å². The van der Waals surface area contributed by atoms with Gasteiger partial charge in [-0.15, -0.1) is 0 Å². The molecule has 30 heavy (non-hydrogen) atoms. The molecule has 0 bridgehead atoms. The predicted octanol–water partition coefficient (Wildman–Crippen LogP) is 3.79. The molecule has 1 aromatic carbocycles. The largest absolute Gasteiger partial charge is 0.439 e. The number of aryl methyl sites for hydroxylation is 1. The number of nitrogens with two attached hydrogens (primary N) is 1. The molecule has 2 aromatic heterocycles. The van der Waals surface area contributed by atoms with Crippen molar-refractivity contribution in [3.8, 4) is 29.0 Å². The Hall–Kier alpha value is -3.21. The molecule has 3 N–H and O–H groups in total. The van der Waals surface area contributed by atoms with E-state index in [1.165, 1.54) is 0 Å². The van der Waals surface area contributed by atoms with Gasteiger partial charge in [0.1, 0.15) is 5.75 Å². The van der Waals surface area contributed by atoms with Crippen molar-refractivity contribution in [3.05, 3.63) is 59.4 Å². The lowest BCUT2D eigenvalue weighted by molar-refractivity contribution is 0.104. The van der Waals surface area contributed by atoms with Crippen molar-refractivity contribution >= 4 is 0 Å². The lowest BCUT2D eigenvalue weighted by Gasteiger charge is -2.25. The molecular formula is C23H25N5O2. The lowest BCUT2D eigenvalue weighted by Crippen LogP contribution is -2.39. The van der Waals surface area contributed by atoms with Crippen molar-refractivity contribution in [1.82, 2.24) is 14.8 Å². The normalized spacial score (nSPS) is 14.9. The Kier molecular flexibility index (Phi) is 5.06. The van der Waals surface area contributed by atoms with E-state index in [9.17, 15) is 10.4 Å². The first-order valence-corrected chi connectivity index (χ1v) is 9.95. The van der Waals surface area contributed by atoms with Crippen LogP contribution in [0.15, 0.2) is 42.6 Å². The second kappa shape index (κ2) is 7.56. The standard InChI is InChI=1S/C23H25N5O2/c1-23(2,25)22(29)16-7-9-18(26-13-16)17-8-4-14(12-24)10-20(17)30-21-11-19(15-5-6-15)27-28(21)3/h4,7-11,13,15,22,29H,5-6,25H2,1-3H3. The van der Waals surface area contributed by atoms with E-state index < -0.39 is 11.6 Å². The highest BCUT2D eigenvalue weighted by Crippen LogP contribution is 2.41. The van der Waals surface area contributed by atoms with Gasteiger partial charge in [0.15, 0.2) is 0 Å². The summed E-state index contributed by atoms with van der Waals surface area (Å²) in [5.41, 5.74) is 8.82. The lowest BCUT2D eigenvalue weighted by atomic mass is 9.93. The van der Waals surface area contributed by atoms with Crippen LogP contribution < -0.4 is 10.5 Å². The van der Waals surface area contributed by atoms with Crippen molar-refractivity contribution in [2.45, 2.75) is 44.2 Å². The highest BCUT2D eigenvalue weighted by molar-refractivity contribution is 5.69. The minimum absolute atomic E-state index is 0.496. The first-order chi connectivity index (χ1) is 14.3. The second-order valence-corrected chi connectivity index (χ2v) is 8.43. The van der Waals surface area contributed by atoms with Gasteiger partial charge in [-0.25, -0.2) is 4.68 Å². The van der Waals surface area contributed by atoms with Gasteiger partial charge in [0.2, 0.25) is 5.88 Å². The molecule has 1 saturated carbocycles. The van der Waals surface area contributed by atoms with Crippen molar-refractivity contribution in [2.24, 2.45) is 12.8 Å². The maximum Gasteiger partial charge on any atom is 0.217 e. The summed E-state index contributed by atoms with van der Waals surface area (Å²) < 4.78 is 7.88. The van der Waals surface area contributed by atoms with Gasteiger partial charge in [0, 0.05) is 41.9 Å². The van der Waals surface area contributed by atoms with E-state index in [1.54, 1.807) is 42.9 Å². The van der Waals surface area contributed by atoms with E-state index in [0.29, 0.717) is 34.4 Å².